The molecule has 4 aromatic rings. The van der Waals surface area contributed by atoms with E-state index in [0.717, 1.165) is 22.5 Å². The van der Waals surface area contributed by atoms with Crippen molar-refractivity contribution in [2.24, 2.45) is 0 Å². The fourth-order valence-corrected chi connectivity index (χ4v) is 2.95. The maximum Gasteiger partial charge on any atom is 0.141 e. The van der Waals surface area contributed by atoms with Gasteiger partial charge >= 0.3 is 0 Å². The number of hydrogen-bond donors (Lipinski definition) is 2. The summed E-state index contributed by atoms with van der Waals surface area (Å²) in [7, 11) is 0. The Balaban J connectivity index is 1.76. The Bertz CT molecular complexity index is 905. The number of nitrogens with zero attached hydrogens (tertiary/aromatic N) is 1. The molecule has 0 aliphatic rings. The zero-order valence-corrected chi connectivity index (χ0v) is 13.8. The van der Waals surface area contributed by atoms with Crippen molar-refractivity contribution in [1.82, 2.24) is 4.98 Å². The average molecular weight is 325 g/mol. The van der Waals surface area contributed by atoms with Gasteiger partial charge in [-0.25, -0.2) is 0 Å². The van der Waals surface area contributed by atoms with Gasteiger partial charge in [-0.3, -0.25) is 4.98 Å². The van der Waals surface area contributed by atoms with E-state index < -0.39 is 0 Å². The van der Waals surface area contributed by atoms with Crippen molar-refractivity contribution in [2.75, 3.05) is 10.6 Å². The molecule has 0 saturated heterocycles. The molecular formula is C22H19N3. The molecule has 3 heteroatoms. The minimum atomic E-state index is -0.143. The summed E-state index contributed by atoms with van der Waals surface area (Å²) >= 11 is 0. The summed E-state index contributed by atoms with van der Waals surface area (Å²) in [6.07, 6.45) is 1.72. The number of hydrogen-bond acceptors (Lipinski definition) is 3. The molecule has 25 heavy (non-hydrogen) atoms. The smallest absolute Gasteiger partial charge is 0.141 e. The van der Waals surface area contributed by atoms with Crippen LogP contribution in [0.25, 0.3) is 10.8 Å². The minimum Gasteiger partial charge on any atom is -0.360 e. The van der Waals surface area contributed by atoms with Crippen LogP contribution >= 0.6 is 0 Å². The first-order valence-electron chi connectivity index (χ1n) is 8.37. The monoisotopic (exact) mass is 325 g/mol. The van der Waals surface area contributed by atoms with Gasteiger partial charge in [-0.05, 0) is 35.7 Å². The normalized spacial score (nSPS) is 10.8. The van der Waals surface area contributed by atoms with Crippen molar-refractivity contribution in [2.45, 2.75) is 6.17 Å². The Morgan fingerprint density at radius 2 is 1.16 bits per heavy atom. The molecular weight excluding hydrogens is 306 g/mol. The molecule has 0 bridgehead atoms. The number of pyridine rings is 1. The van der Waals surface area contributed by atoms with Gasteiger partial charge in [-0.1, -0.05) is 60.7 Å². The number of benzene rings is 3. The van der Waals surface area contributed by atoms with Crippen molar-refractivity contribution in [3.05, 3.63) is 103 Å². The highest BCUT2D eigenvalue weighted by molar-refractivity contribution is 5.85. The van der Waals surface area contributed by atoms with Gasteiger partial charge in [0.1, 0.15) is 6.17 Å². The summed E-state index contributed by atoms with van der Waals surface area (Å²) < 4.78 is 0. The van der Waals surface area contributed by atoms with Gasteiger partial charge in [0, 0.05) is 23.0 Å². The largest absolute Gasteiger partial charge is 0.360 e. The number of rotatable bonds is 5. The van der Waals surface area contributed by atoms with Crippen LogP contribution in [0.15, 0.2) is 97.2 Å². The molecule has 0 atom stereocenters. The Kier molecular flexibility index (Phi) is 4.29. The van der Waals surface area contributed by atoms with Gasteiger partial charge in [0.15, 0.2) is 0 Å². The van der Waals surface area contributed by atoms with E-state index in [1.54, 1.807) is 0 Å². The lowest BCUT2D eigenvalue weighted by Gasteiger charge is -2.23. The highest BCUT2D eigenvalue weighted by Crippen LogP contribution is 2.26. The maximum atomic E-state index is 4.67. The van der Waals surface area contributed by atoms with Crippen LogP contribution in [-0.2, 0) is 0 Å². The molecule has 0 amide bonds. The zero-order valence-electron chi connectivity index (χ0n) is 13.8. The quantitative estimate of drug-likeness (QED) is 0.479. The second kappa shape index (κ2) is 7.05. The highest BCUT2D eigenvalue weighted by atomic mass is 15.1. The lowest BCUT2D eigenvalue weighted by atomic mass is 10.1. The Morgan fingerprint density at radius 3 is 1.80 bits per heavy atom. The van der Waals surface area contributed by atoms with Crippen LogP contribution in [-0.4, -0.2) is 4.98 Å². The minimum absolute atomic E-state index is 0.143. The van der Waals surface area contributed by atoms with Crippen molar-refractivity contribution < 1.29 is 0 Å². The molecule has 2 N–H and O–H groups in total. The molecule has 0 saturated carbocycles. The Hall–Kier alpha value is -3.33. The summed E-state index contributed by atoms with van der Waals surface area (Å²) in [5.74, 6) is 0. The molecule has 3 nitrogen and oxygen atoms in total. The fourth-order valence-electron chi connectivity index (χ4n) is 2.95. The van der Waals surface area contributed by atoms with Crippen molar-refractivity contribution in [3.8, 4) is 0 Å². The second-order valence-corrected chi connectivity index (χ2v) is 5.87. The Labute approximate surface area is 147 Å². The van der Waals surface area contributed by atoms with Gasteiger partial charge in [-0.15, -0.1) is 0 Å². The van der Waals surface area contributed by atoms with Gasteiger partial charge in [0.25, 0.3) is 0 Å². The van der Waals surface area contributed by atoms with E-state index in [0.29, 0.717) is 0 Å². The number of para-hydroxylation sites is 2. The van der Waals surface area contributed by atoms with E-state index in [1.165, 1.54) is 5.39 Å². The molecule has 0 spiro atoms. The molecule has 4 rings (SSSR count). The lowest BCUT2D eigenvalue weighted by molar-refractivity contribution is 0.868. The standard InChI is InChI=1S/C22H19N3/c1-3-10-18(11-4-1)24-22(25-19-12-5-2-6-13-19)21-20-14-8-7-9-17(20)15-16-23-21/h1-16,22,24-25H. The SMILES string of the molecule is c1ccc(NC(Nc2ccccc2)c2nccc3ccccc23)cc1. The van der Waals surface area contributed by atoms with Gasteiger partial charge in [-0.2, -0.15) is 0 Å². The number of nitrogens with one attached hydrogen (secondary N) is 2. The van der Waals surface area contributed by atoms with Crippen molar-refractivity contribution in [3.63, 3.8) is 0 Å². The first-order chi connectivity index (χ1) is 12.4. The van der Waals surface area contributed by atoms with E-state index in [1.807, 2.05) is 48.7 Å². The number of aromatic nitrogens is 1. The summed E-state index contributed by atoms with van der Waals surface area (Å²) in [5.41, 5.74) is 3.07. The fraction of sp³-hybridized carbons (Fsp3) is 0.0455. The van der Waals surface area contributed by atoms with Crippen LogP contribution in [0.5, 0.6) is 0 Å². The lowest BCUT2D eigenvalue weighted by Crippen LogP contribution is -2.21. The van der Waals surface area contributed by atoms with E-state index >= 15 is 0 Å². The molecule has 1 aromatic heterocycles. The molecule has 0 aliphatic heterocycles. The Morgan fingerprint density at radius 1 is 0.600 bits per heavy atom. The number of anilines is 2. The summed E-state index contributed by atoms with van der Waals surface area (Å²) in [5, 5.41) is 9.45. The van der Waals surface area contributed by atoms with E-state index in [2.05, 4.69) is 64.1 Å². The highest BCUT2D eigenvalue weighted by Gasteiger charge is 2.15. The van der Waals surface area contributed by atoms with Gasteiger partial charge < -0.3 is 10.6 Å². The number of fused-ring (bicyclic) bond motifs is 1. The predicted molar refractivity (Wildman–Crippen MR) is 105 cm³/mol. The molecule has 1 heterocycles. The van der Waals surface area contributed by atoms with Gasteiger partial charge in [0.2, 0.25) is 0 Å². The second-order valence-electron chi connectivity index (χ2n) is 5.87. The predicted octanol–water partition coefficient (Wildman–Crippen LogP) is 5.46. The third-order valence-electron chi connectivity index (χ3n) is 4.15. The molecule has 0 aliphatic carbocycles. The van der Waals surface area contributed by atoms with E-state index in [4.69, 9.17) is 0 Å². The average Bonchev–Trinajstić information content (AvgIpc) is 2.69. The topological polar surface area (TPSA) is 37.0 Å². The van der Waals surface area contributed by atoms with Crippen LogP contribution in [0, 0.1) is 0 Å². The maximum absolute atomic E-state index is 4.67. The van der Waals surface area contributed by atoms with Crippen LogP contribution < -0.4 is 10.6 Å². The van der Waals surface area contributed by atoms with E-state index in [9.17, 15) is 0 Å². The summed E-state index contributed by atoms with van der Waals surface area (Å²) in [4.78, 5) is 4.67. The first-order valence-corrected chi connectivity index (χ1v) is 8.37. The third kappa shape index (κ3) is 3.45. The molecule has 122 valence electrons. The third-order valence-corrected chi connectivity index (χ3v) is 4.15. The van der Waals surface area contributed by atoms with Crippen LogP contribution in [0.3, 0.4) is 0 Å². The van der Waals surface area contributed by atoms with E-state index in [-0.39, 0.29) is 6.17 Å². The summed E-state index contributed by atoms with van der Waals surface area (Å²) in [6.45, 7) is 0. The van der Waals surface area contributed by atoms with Gasteiger partial charge in [0.05, 0.1) is 5.69 Å². The zero-order chi connectivity index (χ0) is 16.9. The van der Waals surface area contributed by atoms with Crippen LogP contribution in [0.4, 0.5) is 11.4 Å². The first kappa shape index (κ1) is 15.2. The van der Waals surface area contributed by atoms with Crippen LogP contribution in [0.2, 0.25) is 0 Å². The van der Waals surface area contributed by atoms with Crippen LogP contribution in [0.1, 0.15) is 11.9 Å². The summed E-state index contributed by atoms with van der Waals surface area (Å²) in [6, 6.07) is 30.8. The van der Waals surface area contributed by atoms with Crippen molar-refractivity contribution >= 4 is 22.1 Å². The molecule has 0 fully saturated rings. The molecule has 0 unspecified atom stereocenters. The molecule has 3 aromatic carbocycles. The van der Waals surface area contributed by atoms with Crippen molar-refractivity contribution in [1.29, 1.82) is 0 Å². The molecule has 0 radical (unpaired) electrons.